The second kappa shape index (κ2) is 9.21. The second-order valence-electron chi connectivity index (χ2n) is 6.31. The zero-order valence-electron chi connectivity index (χ0n) is 15.7. The molecule has 0 aromatic heterocycles. The molecule has 5 nitrogen and oxygen atoms in total. The average Bonchev–Trinajstić information content (AvgIpc) is 2.75. The van der Waals surface area contributed by atoms with E-state index in [1.54, 1.807) is 36.2 Å². The van der Waals surface area contributed by atoms with Crippen LogP contribution in [0.2, 0.25) is 5.02 Å². The van der Waals surface area contributed by atoms with Gasteiger partial charge >= 0.3 is 0 Å². The summed E-state index contributed by atoms with van der Waals surface area (Å²) in [6, 6.07) is 20.2. The first-order valence-electron chi connectivity index (χ1n) is 8.86. The molecule has 2 N–H and O–H groups in total. The molecule has 3 rings (SSSR count). The van der Waals surface area contributed by atoms with Gasteiger partial charge in [0.2, 0.25) is 5.91 Å². The minimum atomic E-state index is -0.546. The third-order valence-corrected chi connectivity index (χ3v) is 4.53. The Morgan fingerprint density at radius 1 is 0.966 bits per heavy atom. The van der Waals surface area contributed by atoms with E-state index in [4.69, 9.17) is 11.6 Å². The highest BCUT2D eigenvalue weighted by molar-refractivity contribution is 6.31. The Balaban J connectivity index is 1.55. The van der Waals surface area contributed by atoms with Crippen LogP contribution < -0.4 is 15.5 Å². The minimum Gasteiger partial charge on any atom is -0.376 e. The Labute approximate surface area is 173 Å². The summed E-state index contributed by atoms with van der Waals surface area (Å²) in [6.07, 6.45) is 0. The molecule has 148 valence electrons. The maximum Gasteiger partial charge on any atom is 0.258 e. The highest BCUT2D eigenvalue weighted by Gasteiger charge is 2.13. The second-order valence-corrected chi connectivity index (χ2v) is 6.71. The van der Waals surface area contributed by atoms with Crippen LogP contribution in [0.25, 0.3) is 0 Å². The van der Waals surface area contributed by atoms with Gasteiger partial charge in [-0.3, -0.25) is 9.59 Å². The van der Waals surface area contributed by atoms with Crippen molar-refractivity contribution >= 4 is 40.5 Å². The summed E-state index contributed by atoms with van der Waals surface area (Å²) in [4.78, 5) is 26.2. The summed E-state index contributed by atoms with van der Waals surface area (Å²) in [7, 11) is 1.72. The lowest BCUT2D eigenvalue weighted by molar-refractivity contribution is -0.114. The Morgan fingerprint density at radius 2 is 1.62 bits per heavy atom. The first-order chi connectivity index (χ1) is 13.9. The number of hydrogen-bond acceptors (Lipinski definition) is 3. The van der Waals surface area contributed by atoms with E-state index in [1.165, 1.54) is 18.2 Å². The summed E-state index contributed by atoms with van der Waals surface area (Å²) in [5, 5.41) is 5.54. The first kappa shape index (κ1) is 20.4. The number of benzene rings is 3. The van der Waals surface area contributed by atoms with Gasteiger partial charge in [0.1, 0.15) is 5.82 Å². The smallest absolute Gasteiger partial charge is 0.258 e. The van der Waals surface area contributed by atoms with Gasteiger partial charge < -0.3 is 15.5 Å². The van der Waals surface area contributed by atoms with Crippen molar-refractivity contribution in [3.63, 3.8) is 0 Å². The molecule has 2 amide bonds. The van der Waals surface area contributed by atoms with E-state index in [2.05, 4.69) is 10.6 Å². The number of carbonyl (C=O) groups is 2. The maximum absolute atomic E-state index is 13.2. The quantitative estimate of drug-likeness (QED) is 0.612. The van der Waals surface area contributed by atoms with Crippen LogP contribution in [0, 0.1) is 5.82 Å². The third-order valence-electron chi connectivity index (χ3n) is 4.24. The lowest BCUT2D eigenvalue weighted by atomic mass is 10.1. The number of amides is 2. The Morgan fingerprint density at radius 3 is 2.28 bits per heavy atom. The molecule has 0 heterocycles. The van der Waals surface area contributed by atoms with E-state index in [0.717, 1.165) is 5.69 Å². The molecule has 0 radical (unpaired) electrons. The summed E-state index contributed by atoms with van der Waals surface area (Å²) in [5.41, 5.74) is 2.44. The molecule has 0 bridgehead atoms. The number of nitrogens with zero attached hydrogens (tertiary/aromatic N) is 1. The van der Waals surface area contributed by atoms with Crippen LogP contribution in [0.4, 0.5) is 21.5 Å². The lowest BCUT2D eigenvalue weighted by Gasteiger charge is -2.17. The van der Waals surface area contributed by atoms with E-state index < -0.39 is 5.82 Å². The van der Waals surface area contributed by atoms with Crippen LogP contribution in [0.3, 0.4) is 0 Å². The van der Waals surface area contributed by atoms with Crippen molar-refractivity contribution in [3.05, 3.63) is 89.2 Å². The summed E-state index contributed by atoms with van der Waals surface area (Å²) >= 11 is 5.70. The maximum atomic E-state index is 13.2. The highest BCUT2D eigenvalue weighted by atomic mass is 35.5. The van der Waals surface area contributed by atoms with Gasteiger partial charge in [-0.15, -0.1) is 0 Å². The molecule has 3 aromatic rings. The number of para-hydroxylation sites is 1. The van der Waals surface area contributed by atoms with Crippen molar-refractivity contribution in [1.82, 2.24) is 0 Å². The number of carbonyl (C=O) groups excluding carboxylic acids is 2. The largest absolute Gasteiger partial charge is 0.376 e. The molecular formula is C22H19ClFN3O2. The van der Waals surface area contributed by atoms with Gasteiger partial charge in [0, 0.05) is 29.7 Å². The van der Waals surface area contributed by atoms with Crippen LogP contribution in [-0.2, 0) is 4.79 Å². The van der Waals surface area contributed by atoms with E-state index in [9.17, 15) is 14.0 Å². The summed E-state index contributed by atoms with van der Waals surface area (Å²) < 4.78 is 13.2. The van der Waals surface area contributed by atoms with Crippen LogP contribution in [-0.4, -0.2) is 25.4 Å². The molecule has 29 heavy (non-hydrogen) atoms. The van der Waals surface area contributed by atoms with Crippen molar-refractivity contribution in [1.29, 1.82) is 0 Å². The molecule has 7 heteroatoms. The van der Waals surface area contributed by atoms with E-state index in [1.807, 2.05) is 30.3 Å². The van der Waals surface area contributed by atoms with E-state index >= 15 is 0 Å². The topological polar surface area (TPSA) is 61.4 Å². The lowest BCUT2D eigenvalue weighted by Crippen LogP contribution is -2.26. The number of rotatable bonds is 6. The monoisotopic (exact) mass is 411 g/mol. The fourth-order valence-electron chi connectivity index (χ4n) is 2.65. The molecule has 0 aliphatic carbocycles. The molecule has 0 aliphatic heterocycles. The van der Waals surface area contributed by atoms with Crippen molar-refractivity contribution in [2.24, 2.45) is 0 Å². The van der Waals surface area contributed by atoms with Gasteiger partial charge in [-0.05, 0) is 54.6 Å². The third kappa shape index (κ3) is 5.33. The van der Waals surface area contributed by atoms with Gasteiger partial charge in [0.15, 0.2) is 0 Å². The zero-order chi connectivity index (χ0) is 20.8. The summed E-state index contributed by atoms with van der Waals surface area (Å²) in [6.45, 7) is 0.00616. The van der Waals surface area contributed by atoms with Crippen molar-refractivity contribution in [2.45, 2.75) is 0 Å². The fourth-order valence-corrected chi connectivity index (χ4v) is 2.84. The average molecular weight is 412 g/mol. The van der Waals surface area contributed by atoms with Gasteiger partial charge in [-0.2, -0.15) is 0 Å². The molecule has 0 atom stereocenters. The highest BCUT2D eigenvalue weighted by Crippen LogP contribution is 2.19. The predicted octanol–water partition coefficient (Wildman–Crippen LogP) is 4.81. The van der Waals surface area contributed by atoms with E-state index in [0.29, 0.717) is 16.9 Å². The molecule has 0 aliphatic rings. The van der Waals surface area contributed by atoms with Crippen LogP contribution in [0.1, 0.15) is 10.4 Å². The molecule has 0 spiro atoms. The van der Waals surface area contributed by atoms with Crippen molar-refractivity contribution in [2.75, 3.05) is 29.1 Å². The molecule has 0 saturated heterocycles. The number of nitrogens with one attached hydrogen (secondary N) is 2. The molecule has 3 aromatic carbocycles. The normalized spacial score (nSPS) is 10.3. The minimum absolute atomic E-state index is 0.00616. The van der Waals surface area contributed by atoms with Gasteiger partial charge in [-0.1, -0.05) is 29.8 Å². The van der Waals surface area contributed by atoms with Crippen molar-refractivity contribution < 1.29 is 14.0 Å². The molecule has 0 saturated carbocycles. The number of anilines is 3. The van der Waals surface area contributed by atoms with Crippen LogP contribution in [0.5, 0.6) is 0 Å². The number of halogens is 2. The molecular weight excluding hydrogens is 393 g/mol. The van der Waals surface area contributed by atoms with Crippen LogP contribution >= 0.6 is 11.6 Å². The van der Waals surface area contributed by atoms with Crippen LogP contribution in [0.15, 0.2) is 72.8 Å². The standard InChI is InChI=1S/C22H19ClFN3O2/c1-27(18-5-3-2-4-6-18)22(29)15-7-9-16(10-8-15)25-14-21(28)26-17-11-12-20(24)19(23)13-17/h2-13,25H,14H2,1H3,(H,26,28). The Kier molecular flexibility index (Phi) is 6.46. The van der Waals surface area contributed by atoms with Gasteiger partial charge in [0.05, 0.1) is 11.6 Å². The first-order valence-corrected chi connectivity index (χ1v) is 9.24. The molecule has 0 fully saturated rings. The predicted molar refractivity (Wildman–Crippen MR) is 114 cm³/mol. The van der Waals surface area contributed by atoms with E-state index in [-0.39, 0.29) is 23.4 Å². The Bertz CT molecular complexity index is 1010. The number of hydrogen-bond donors (Lipinski definition) is 2. The SMILES string of the molecule is CN(C(=O)c1ccc(NCC(=O)Nc2ccc(F)c(Cl)c2)cc1)c1ccccc1. The van der Waals surface area contributed by atoms with Gasteiger partial charge in [-0.25, -0.2) is 4.39 Å². The fraction of sp³-hybridized carbons (Fsp3) is 0.0909. The molecule has 0 unspecified atom stereocenters. The van der Waals surface area contributed by atoms with Crippen molar-refractivity contribution in [3.8, 4) is 0 Å². The summed E-state index contributed by atoms with van der Waals surface area (Å²) in [5.74, 6) is -0.986. The van der Waals surface area contributed by atoms with Gasteiger partial charge in [0.25, 0.3) is 5.91 Å². The Hall–Kier alpha value is -3.38. The zero-order valence-corrected chi connectivity index (χ0v) is 16.4.